The number of nitrogens with one attached hydrogen (secondary N) is 1. The van der Waals surface area contributed by atoms with Gasteiger partial charge < -0.3 is 19.2 Å². The Morgan fingerprint density at radius 1 is 1.11 bits per heavy atom. The molecule has 1 aromatic heterocycles. The fraction of sp³-hybridized carbons (Fsp3) is 0.250. The Balaban J connectivity index is 1.67. The zero-order chi connectivity index (χ0) is 25.6. The van der Waals surface area contributed by atoms with E-state index in [0.29, 0.717) is 39.7 Å². The van der Waals surface area contributed by atoms with Gasteiger partial charge in [-0.05, 0) is 55.2 Å². The van der Waals surface area contributed by atoms with E-state index in [1.807, 2.05) is 24.3 Å². The minimum absolute atomic E-state index is 0.0844. The van der Waals surface area contributed by atoms with Gasteiger partial charge >= 0.3 is 5.97 Å². The van der Waals surface area contributed by atoms with Gasteiger partial charge in [0.05, 0.1) is 37.4 Å². The highest BCUT2D eigenvalue weighted by atomic mass is 35.5. The van der Waals surface area contributed by atoms with Crippen molar-refractivity contribution in [1.29, 1.82) is 0 Å². The van der Waals surface area contributed by atoms with Gasteiger partial charge in [-0.3, -0.25) is 9.59 Å². The third-order valence-corrected chi connectivity index (χ3v) is 7.11. The van der Waals surface area contributed by atoms with Crippen LogP contribution in [0.25, 0.3) is 11.0 Å². The van der Waals surface area contributed by atoms with Crippen molar-refractivity contribution in [3.8, 4) is 5.75 Å². The number of ketones is 1. The highest BCUT2D eigenvalue weighted by molar-refractivity contribution is 6.31. The van der Waals surface area contributed by atoms with Gasteiger partial charge in [0, 0.05) is 34.0 Å². The molecule has 2 aliphatic rings. The number of hydrogen-bond acceptors (Lipinski definition) is 7. The number of Topliss-reactive ketones (excluding diaryl/α,β-unsaturated/α-hetero) is 1. The lowest BCUT2D eigenvalue weighted by Crippen LogP contribution is -2.37. The number of hydrogen-bond donors (Lipinski definition) is 1. The van der Waals surface area contributed by atoms with E-state index in [1.54, 1.807) is 26.2 Å². The van der Waals surface area contributed by atoms with E-state index >= 15 is 0 Å². The zero-order valence-corrected chi connectivity index (χ0v) is 20.8. The maximum absolute atomic E-state index is 13.7. The summed E-state index contributed by atoms with van der Waals surface area (Å²) in [5.41, 5.74) is 2.97. The van der Waals surface area contributed by atoms with Crippen molar-refractivity contribution in [1.82, 2.24) is 5.32 Å². The first-order valence-electron chi connectivity index (χ1n) is 11.5. The number of dihydropyridines is 1. The lowest BCUT2D eigenvalue weighted by molar-refractivity contribution is -0.136. The van der Waals surface area contributed by atoms with E-state index in [-0.39, 0.29) is 40.1 Å². The average molecular weight is 506 g/mol. The van der Waals surface area contributed by atoms with Gasteiger partial charge in [-0.2, -0.15) is 0 Å². The minimum Gasteiger partial charge on any atom is -0.497 e. The number of halogens is 1. The number of rotatable bonds is 4. The molecule has 5 rings (SSSR count). The molecule has 0 saturated heterocycles. The predicted octanol–water partition coefficient (Wildman–Crippen LogP) is 4.99. The molecule has 0 amide bonds. The van der Waals surface area contributed by atoms with Crippen LogP contribution in [0.2, 0.25) is 5.02 Å². The Morgan fingerprint density at radius 3 is 2.67 bits per heavy atom. The number of ether oxygens (including phenoxy) is 2. The van der Waals surface area contributed by atoms with Gasteiger partial charge in [-0.1, -0.05) is 23.7 Å². The molecular weight excluding hydrogens is 482 g/mol. The molecule has 184 valence electrons. The number of benzene rings is 2. The topological polar surface area (TPSA) is 94.8 Å². The average Bonchev–Trinajstić information content (AvgIpc) is 2.88. The van der Waals surface area contributed by atoms with Crippen molar-refractivity contribution in [2.45, 2.75) is 31.6 Å². The molecule has 0 saturated carbocycles. The molecule has 2 aromatic carbocycles. The molecule has 0 spiro atoms. The Hall–Kier alpha value is -3.84. The first-order chi connectivity index (χ1) is 17.3. The summed E-state index contributed by atoms with van der Waals surface area (Å²) < 4.78 is 16.2. The molecule has 2 heterocycles. The van der Waals surface area contributed by atoms with Crippen molar-refractivity contribution in [2.24, 2.45) is 0 Å². The zero-order valence-electron chi connectivity index (χ0n) is 20.0. The van der Waals surface area contributed by atoms with Crippen molar-refractivity contribution in [2.75, 3.05) is 14.2 Å². The number of esters is 1. The lowest BCUT2D eigenvalue weighted by Gasteiger charge is -2.36. The van der Waals surface area contributed by atoms with E-state index in [9.17, 15) is 14.4 Å². The molecule has 8 heteroatoms. The van der Waals surface area contributed by atoms with E-state index in [0.717, 1.165) is 5.56 Å². The molecule has 36 heavy (non-hydrogen) atoms. The molecule has 1 N–H and O–H groups in total. The smallest absolute Gasteiger partial charge is 0.336 e. The highest BCUT2D eigenvalue weighted by Gasteiger charge is 2.42. The Kier molecular flexibility index (Phi) is 6.18. The molecule has 7 nitrogen and oxygen atoms in total. The van der Waals surface area contributed by atoms with Crippen LogP contribution in [0.3, 0.4) is 0 Å². The normalized spacial score (nSPS) is 19.7. The van der Waals surface area contributed by atoms with Crippen LogP contribution < -0.4 is 15.5 Å². The van der Waals surface area contributed by atoms with E-state index in [1.165, 1.54) is 19.4 Å². The van der Waals surface area contributed by atoms with Gasteiger partial charge in [0.1, 0.15) is 11.3 Å². The Morgan fingerprint density at radius 2 is 1.92 bits per heavy atom. The summed E-state index contributed by atoms with van der Waals surface area (Å²) in [7, 11) is 2.87. The SMILES string of the molecule is COC(=O)C1=C(C)NC2=C(C(=O)C[C@@H](c3cccc(OC)c3)C2)[C@H]1c1coc2ccc(Cl)cc2c1=O. The summed E-state index contributed by atoms with van der Waals surface area (Å²) in [6.45, 7) is 1.74. The van der Waals surface area contributed by atoms with Gasteiger partial charge in [0.2, 0.25) is 0 Å². The van der Waals surface area contributed by atoms with Crippen LogP contribution in [0.4, 0.5) is 0 Å². The fourth-order valence-electron chi connectivity index (χ4n) is 5.18. The second-order valence-corrected chi connectivity index (χ2v) is 9.38. The molecule has 1 aliphatic carbocycles. The second-order valence-electron chi connectivity index (χ2n) is 8.95. The lowest BCUT2D eigenvalue weighted by atomic mass is 9.72. The summed E-state index contributed by atoms with van der Waals surface area (Å²) >= 11 is 6.14. The molecular formula is C28H24ClNO6. The number of carbonyl (C=O) groups is 2. The van der Waals surface area contributed by atoms with Crippen molar-refractivity contribution >= 4 is 34.3 Å². The van der Waals surface area contributed by atoms with Gasteiger partial charge in [-0.15, -0.1) is 0 Å². The van der Waals surface area contributed by atoms with Crippen molar-refractivity contribution in [3.05, 3.63) is 97.6 Å². The monoisotopic (exact) mass is 505 g/mol. The summed E-state index contributed by atoms with van der Waals surface area (Å²) in [6.07, 6.45) is 2.08. The van der Waals surface area contributed by atoms with Crippen LogP contribution in [0.5, 0.6) is 5.75 Å². The largest absolute Gasteiger partial charge is 0.497 e. The van der Waals surface area contributed by atoms with Crippen molar-refractivity contribution in [3.63, 3.8) is 0 Å². The Labute approximate surface area is 212 Å². The first kappa shape index (κ1) is 23.9. The van der Waals surface area contributed by atoms with Crippen LogP contribution in [-0.2, 0) is 14.3 Å². The van der Waals surface area contributed by atoms with Crippen LogP contribution in [0.1, 0.15) is 42.7 Å². The third kappa shape index (κ3) is 3.99. The molecule has 0 radical (unpaired) electrons. The molecule has 2 atom stereocenters. The molecule has 3 aromatic rings. The number of fused-ring (bicyclic) bond motifs is 1. The molecule has 1 aliphatic heterocycles. The number of allylic oxidation sites excluding steroid dienone is 3. The summed E-state index contributed by atoms with van der Waals surface area (Å²) in [6, 6.07) is 12.4. The first-order valence-corrected chi connectivity index (χ1v) is 11.9. The molecule has 0 fully saturated rings. The van der Waals surface area contributed by atoms with Gasteiger partial charge in [-0.25, -0.2) is 4.79 Å². The number of methoxy groups -OCH3 is 2. The third-order valence-electron chi connectivity index (χ3n) is 6.87. The predicted molar refractivity (Wildman–Crippen MR) is 135 cm³/mol. The summed E-state index contributed by atoms with van der Waals surface area (Å²) in [5.74, 6) is -1.07. The maximum atomic E-state index is 13.7. The van der Waals surface area contributed by atoms with Crippen LogP contribution in [0, 0.1) is 0 Å². The van der Waals surface area contributed by atoms with E-state index in [4.69, 9.17) is 25.5 Å². The summed E-state index contributed by atoms with van der Waals surface area (Å²) in [5, 5.41) is 3.92. The number of carbonyl (C=O) groups excluding carboxylic acids is 2. The second kappa shape index (κ2) is 9.32. The minimum atomic E-state index is -0.924. The van der Waals surface area contributed by atoms with Crippen LogP contribution in [-0.4, -0.2) is 26.0 Å². The van der Waals surface area contributed by atoms with Gasteiger partial charge in [0.25, 0.3) is 0 Å². The van der Waals surface area contributed by atoms with E-state index < -0.39 is 11.9 Å². The Bertz CT molecular complexity index is 1530. The van der Waals surface area contributed by atoms with Crippen LogP contribution in [0.15, 0.2) is 80.5 Å². The van der Waals surface area contributed by atoms with E-state index in [2.05, 4.69) is 5.32 Å². The standard InChI is InChI=1S/C28H24ClNO6/c1-14-24(28(33)35-3)25(20-13-36-23-8-7-17(29)12-19(23)27(20)32)26-21(30-14)10-16(11-22(26)31)15-5-4-6-18(9-15)34-2/h4-9,12-13,16,25,30H,10-11H2,1-3H3/t16-,25-/m0/s1. The van der Waals surface area contributed by atoms with Crippen LogP contribution >= 0.6 is 11.6 Å². The quantitative estimate of drug-likeness (QED) is 0.499. The molecule has 0 bridgehead atoms. The van der Waals surface area contributed by atoms with Crippen molar-refractivity contribution < 1.29 is 23.5 Å². The molecule has 0 unspecified atom stereocenters. The fourth-order valence-corrected chi connectivity index (χ4v) is 5.35. The highest BCUT2D eigenvalue weighted by Crippen LogP contribution is 2.45. The van der Waals surface area contributed by atoms with Gasteiger partial charge in [0.15, 0.2) is 11.2 Å². The summed E-state index contributed by atoms with van der Waals surface area (Å²) in [4.78, 5) is 40.2. The maximum Gasteiger partial charge on any atom is 0.336 e.